The van der Waals surface area contributed by atoms with E-state index in [1.54, 1.807) is 12.4 Å². The van der Waals surface area contributed by atoms with Crippen molar-refractivity contribution in [1.82, 2.24) is 4.98 Å². The molecule has 0 aliphatic rings. The van der Waals surface area contributed by atoms with Crippen LogP contribution in [0.25, 0.3) is 0 Å². The fourth-order valence-electron chi connectivity index (χ4n) is 0.313. The van der Waals surface area contributed by atoms with Crippen LogP contribution in [0, 0.1) is 0 Å². The summed E-state index contributed by atoms with van der Waals surface area (Å²) in [5.41, 5.74) is 0. The molecule has 0 fully saturated rings. The summed E-state index contributed by atoms with van der Waals surface area (Å²) in [6, 6.07) is 5.72. The number of hydrogen-bond acceptors (Lipinski definition) is 1. The molecule has 3 heteroatoms. The van der Waals surface area contributed by atoms with E-state index in [4.69, 9.17) is 0 Å². The topological polar surface area (TPSA) is 12.9 Å². The molecule has 0 saturated carbocycles. The van der Waals surface area contributed by atoms with Crippen LogP contribution >= 0.6 is 15.9 Å². The third-order valence-corrected chi connectivity index (χ3v) is 0.566. The summed E-state index contributed by atoms with van der Waals surface area (Å²) < 4.78 is 0. The van der Waals surface area contributed by atoms with Crippen LogP contribution in [0.4, 0.5) is 4.70 Å². The lowest BCUT2D eigenvalue weighted by molar-refractivity contribution is 1.11. The molecule has 0 atom stereocenters. The van der Waals surface area contributed by atoms with Gasteiger partial charge in [0.25, 0.3) is 0 Å². The molecule has 0 unspecified atom stereocenters. The summed E-state index contributed by atoms with van der Waals surface area (Å²) in [7, 11) is 0. The standard InChI is InChI=1S/C5H5N.CH3Br.FH/c1-2-4-6-5-3-1;1-2;/h1-5H;1H3;1H. The van der Waals surface area contributed by atoms with E-state index < -0.39 is 0 Å². The Hall–Kier alpha value is -0.440. The van der Waals surface area contributed by atoms with Gasteiger partial charge in [0.1, 0.15) is 0 Å². The van der Waals surface area contributed by atoms with Gasteiger partial charge < -0.3 is 0 Å². The molecule has 1 heterocycles. The van der Waals surface area contributed by atoms with Crippen molar-refractivity contribution in [3.05, 3.63) is 30.6 Å². The third kappa shape index (κ3) is 7.56. The smallest absolute Gasteiger partial charge is 0.0267 e. The molecule has 0 amide bonds. The van der Waals surface area contributed by atoms with Crippen molar-refractivity contribution in [2.24, 2.45) is 0 Å². The van der Waals surface area contributed by atoms with Gasteiger partial charge in [-0.2, -0.15) is 0 Å². The number of aromatic nitrogens is 1. The maximum Gasteiger partial charge on any atom is 0.0267 e. The summed E-state index contributed by atoms with van der Waals surface area (Å²) in [6.07, 6.45) is 3.50. The molecule has 0 aliphatic heterocycles. The van der Waals surface area contributed by atoms with Gasteiger partial charge in [0.15, 0.2) is 0 Å². The van der Waals surface area contributed by atoms with Crippen LogP contribution in [0.15, 0.2) is 30.6 Å². The van der Waals surface area contributed by atoms with Gasteiger partial charge in [0.2, 0.25) is 0 Å². The lowest BCUT2D eigenvalue weighted by Gasteiger charge is -1.70. The Morgan fingerprint density at radius 1 is 1.00 bits per heavy atom. The Morgan fingerprint density at radius 2 is 1.44 bits per heavy atom. The quantitative estimate of drug-likeness (QED) is 0.577. The second-order valence-electron chi connectivity index (χ2n) is 1.02. The van der Waals surface area contributed by atoms with E-state index in [1.807, 2.05) is 24.0 Å². The molecular weight excluding hydrogens is 185 g/mol. The normalized spacial score (nSPS) is 6.00. The van der Waals surface area contributed by atoms with E-state index in [9.17, 15) is 0 Å². The minimum absolute atomic E-state index is 0. The second kappa shape index (κ2) is 10.5. The van der Waals surface area contributed by atoms with Gasteiger partial charge in [-0.15, -0.1) is 0 Å². The molecule has 1 aromatic rings. The van der Waals surface area contributed by atoms with Gasteiger partial charge in [-0.3, -0.25) is 9.69 Å². The van der Waals surface area contributed by atoms with Gasteiger partial charge in [0, 0.05) is 12.4 Å². The monoisotopic (exact) mass is 193 g/mol. The van der Waals surface area contributed by atoms with Crippen molar-refractivity contribution < 1.29 is 4.70 Å². The largest absolute Gasteiger partial charge is 0.269 e. The molecule has 0 saturated heterocycles. The van der Waals surface area contributed by atoms with Crippen LogP contribution in [0.1, 0.15) is 0 Å². The molecule has 0 aliphatic carbocycles. The molecule has 1 aromatic heterocycles. The summed E-state index contributed by atoms with van der Waals surface area (Å²) in [5, 5.41) is 0. The zero-order valence-corrected chi connectivity index (χ0v) is 6.71. The fraction of sp³-hybridized carbons (Fsp3) is 0.167. The minimum atomic E-state index is 0. The van der Waals surface area contributed by atoms with Crippen molar-refractivity contribution in [2.45, 2.75) is 0 Å². The lowest BCUT2D eigenvalue weighted by Crippen LogP contribution is -1.58. The van der Waals surface area contributed by atoms with Crippen LogP contribution in [-0.2, 0) is 0 Å². The predicted octanol–water partition coefficient (Wildman–Crippen LogP) is 2.25. The van der Waals surface area contributed by atoms with Crippen molar-refractivity contribution in [1.29, 1.82) is 0 Å². The number of pyridine rings is 1. The number of hydrogen-bond donors (Lipinski definition) is 0. The Labute approximate surface area is 62.6 Å². The number of alkyl halides is 1. The summed E-state index contributed by atoms with van der Waals surface area (Å²) in [5.74, 6) is 1.81. The van der Waals surface area contributed by atoms with Crippen LogP contribution in [0.5, 0.6) is 0 Å². The van der Waals surface area contributed by atoms with Gasteiger partial charge in [-0.1, -0.05) is 22.0 Å². The molecule has 1 rings (SSSR count). The highest BCUT2D eigenvalue weighted by molar-refractivity contribution is 9.08. The van der Waals surface area contributed by atoms with E-state index in [2.05, 4.69) is 20.9 Å². The van der Waals surface area contributed by atoms with Crippen molar-refractivity contribution in [3.8, 4) is 0 Å². The first-order valence-corrected chi connectivity index (χ1v) is 3.81. The van der Waals surface area contributed by atoms with Gasteiger partial charge in [-0.05, 0) is 18.0 Å². The summed E-state index contributed by atoms with van der Waals surface area (Å²) >= 11 is 2.94. The molecule has 0 aromatic carbocycles. The Bertz CT molecular complexity index is 85.0. The average molecular weight is 194 g/mol. The second-order valence-corrected chi connectivity index (χ2v) is 1.02. The Morgan fingerprint density at radius 3 is 1.56 bits per heavy atom. The maximum atomic E-state index is 3.78. The highest BCUT2D eigenvalue weighted by Crippen LogP contribution is 1.73. The van der Waals surface area contributed by atoms with Crippen molar-refractivity contribution in [2.75, 3.05) is 5.83 Å². The molecule has 0 spiro atoms. The van der Waals surface area contributed by atoms with Crippen molar-refractivity contribution in [3.63, 3.8) is 0 Å². The number of halogens is 2. The van der Waals surface area contributed by atoms with E-state index >= 15 is 0 Å². The first-order valence-electron chi connectivity index (χ1n) is 2.23. The highest BCUT2D eigenvalue weighted by Gasteiger charge is 1.58. The third-order valence-electron chi connectivity index (χ3n) is 0.566. The molecule has 52 valence electrons. The van der Waals surface area contributed by atoms with E-state index in [1.165, 1.54) is 0 Å². The first kappa shape index (κ1) is 11.4. The van der Waals surface area contributed by atoms with Crippen LogP contribution < -0.4 is 0 Å². The fourth-order valence-corrected chi connectivity index (χ4v) is 0.313. The van der Waals surface area contributed by atoms with Crippen LogP contribution in [0.2, 0.25) is 0 Å². The highest BCUT2D eigenvalue weighted by atomic mass is 79.9. The Balaban J connectivity index is 0. The molecule has 0 N–H and O–H groups in total. The maximum absolute atomic E-state index is 3.78. The number of rotatable bonds is 0. The van der Waals surface area contributed by atoms with Crippen LogP contribution in [0.3, 0.4) is 0 Å². The SMILES string of the molecule is CBr.F.c1ccncc1. The van der Waals surface area contributed by atoms with E-state index in [-0.39, 0.29) is 4.70 Å². The van der Waals surface area contributed by atoms with Gasteiger partial charge >= 0.3 is 0 Å². The Kier molecular flexibility index (Phi) is 13.3. The van der Waals surface area contributed by atoms with E-state index in [0.717, 1.165) is 0 Å². The summed E-state index contributed by atoms with van der Waals surface area (Å²) in [6.45, 7) is 0. The van der Waals surface area contributed by atoms with Crippen molar-refractivity contribution >= 4 is 15.9 Å². The average Bonchev–Trinajstić information content (AvgIpc) is 1.96. The van der Waals surface area contributed by atoms with Gasteiger partial charge in [0.05, 0.1) is 0 Å². The zero-order valence-electron chi connectivity index (χ0n) is 5.12. The molecule has 1 nitrogen and oxygen atoms in total. The lowest BCUT2D eigenvalue weighted by atomic mass is 10.5. The molecule has 0 radical (unpaired) electrons. The van der Waals surface area contributed by atoms with Gasteiger partial charge in [-0.25, -0.2) is 0 Å². The molecule has 9 heavy (non-hydrogen) atoms. The predicted molar refractivity (Wildman–Crippen MR) is 41.6 cm³/mol. The molecule has 0 bridgehead atoms. The summed E-state index contributed by atoms with van der Waals surface area (Å²) in [4.78, 5) is 3.78. The van der Waals surface area contributed by atoms with Crippen LogP contribution in [-0.4, -0.2) is 10.8 Å². The minimum Gasteiger partial charge on any atom is -0.269 e. The number of nitrogens with zero attached hydrogens (tertiary/aromatic N) is 1. The first-order chi connectivity index (χ1) is 4.00. The zero-order chi connectivity index (χ0) is 6.24. The van der Waals surface area contributed by atoms with E-state index in [0.29, 0.717) is 0 Å². The molecular formula is C6H9BrFN.